The zero-order chi connectivity index (χ0) is 17.9. The summed E-state index contributed by atoms with van der Waals surface area (Å²) in [5, 5.41) is 15.9. The fourth-order valence-electron chi connectivity index (χ4n) is 2.59. The summed E-state index contributed by atoms with van der Waals surface area (Å²) in [5.74, 6) is 1.73. The molecule has 4 rings (SSSR count). The Morgan fingerprint density at radius 1 is 1.23 bits per heavy atom. The maximum Gasteiger partial charge on any atom is 0.232 e. The zero-order valence-corrected chi connectivity index (χ0v) is 15.1. The molecule has 1 aromatic carbocycles. The van der Waals surface area contributed by atoms with Gasteiger partial charge in [0.2, 0.25) is 17.1 Å². The van der Waals surface area contributed by atoms with E-state index in [1.165, 1.54) is 17.3 Å². The molecule has 0 spiro atoms. The van der Waals surface area contributed by atoms with E-state index in [2.05, 4.69) is 48.8 Å². The lowest BCUT2D eigenvalue weighted by Gasteiger charge is -2.10. The van der Waals surface area contributed by atoms with Crippen LogP contribution in [0.5, 0.6) is 0 Å². The number of thioether (sulfide) groups is 1. The molecule has 26 heavy (non-hydrogen) atoms. The van der Waals surface area contributed by atoms with Crippen LogP contribution in [0.3, 0.4) is 0 Å². The van der Waals surface area contributed by atoms with Gasteiger partial charge in [0.25, 0.3) is 0 Å². The molecule has 9 nitrogen and oxygen atoms in total. The molecule has 1 aliphatic carbocycles. The van der Waals surface area contributed by atoms with E-state index in [0.29, 0.717) is 23.6 Å². The Bertz CT molecular complexity index is 906. The first kappa shape index (κ1) is 16.7. The molecule has 2 aromatic heterocycles. The van der Waals surface area contributed by atoms with Crippen LogP contribution in [0.2, 0.25) is 0 Å². The monoisotopic (exact) mass is 369 g/mol. The standard InChI is InChI=1S/C16H19N9S/c1-2-10-5-3-4-6-12(10)18-15-20-13(19-14(17)21-15)9-26-16-22-23-24-25(16)11-7-8-11/h3-6,11H,2,7-9H2,1H3,(H3,17,18,19,20,21). The summed E-state index contributed by atoms with van der Waals surface area (Å²) >= 11 is 1.50. The van der Waals surface area contributed by atoms with Crippen molar-refractivity contribution in [2.24, 2.45) is 0 Å². The predicted octanol–water partition coefficient (Wildman–Crippen LogP) is 2.37. The maximum atomic E-state index is 5.86. The van der Waals surface area contributed by atoms with Crippen LogP contribution in [0.1, 0.15) is 37.2 Å². The number of nitrogen functional groups attached to an aromatic ring is 1. The molecule has 2 heterocycles. The first-order valence-corrected chi connectivity index (χ1v) is 9.47. The van der Waals surface area contributed by atoms with E-state index in [9.17, 15) is 0 Å². The average molecular weight is 369 g/mol. The second-order valence-corrected chi connectivity index (χ2v) is 6.94. The summed E-state index contributed by atoms with van der Waals surface area (Å²) in [6.07, 6.45) is 3.17. The smallest absolute Gasteiger partial charge is 0.232 e. The minimum Gasteiger partial charge on any atom is -0.368 e. The fourth-order valence-corrected chi connectivity index (χ4v) is 3.39. The highest BCUT2D eigenvalue weighted by molar-refractivity contribution is 7.98. The number of anilines is 3. The van der Waals surface area contributed by atoms with E-state index in [0.717, 1.165) is 30.1 Å². The van der Waals surface area contributed by atoms with Gasteiger partial charge in [0, 0.05) is 5.69 Å². The van der Waals surface area contributed by atoms with Crippen molar-refractivity contribution in [3.05, 3.63) is 35.7 Å². The minimum atomic E-state index is 0.189. The highest BCUT2D eigenvalue weighted by atomic mass is 32.2. The number of hydrogen-bond acceptors (Lipinski definition) is 9. The molecule has 0 atom stereocenters. The lowest BCUT2D eigenvalue weighted by Crippen LogP contribution is -2.07. The molecule has 0 aliphatic heterocycles. The van der Waals surface area contributed by atoms with Gasteiger partial charge in [-0.25, -0.2) is 4.68 Å². The third kappa shape index (κ3) is 3.74. The van der Waals surface area contributed by atoms with Gasteiger partial charge in [-0.3, -0.25) is 0 Å². The van der Waals surface area contributed by atoms with E-state index < -0.39 is 0 Å². The van der Waals surface area contributed by atoms with Crippen molar-refractivity contribution in [2.75, 3.05) is 11.1 Å². The third-order valence-electron chi connectivity index (χ3n) is 4.03. The lowest BCUT2D eigenvalue weighted by atomic mass is 10.1. The third-order valence-corrected chi connectivity index (χ3v) is 4.96. The molecule has 1 aliphatic rings. The number of tetrazole rings is 1. The van der Waals surface area contributed by atoms with Crippen molar-refractivity contribution in [1.82, 2.24) is 35.2 Å². The largest absolute Gasteiger partial charge is 0.368 e. The number of hydrogen-bond donors (Lipinski definition) is 2. The Labute approximate surface area is 154 Å². The van der Waals surface area contributed by atoms with E-state index in [1.54, 1.807) is 0 Å². The molecule has 3 N–H and O–H groups in total. The lowest BCUT2D eigenvalue weighted by molar-refractivity contribution is 0.565. The Morgan fingerprint density at radius 3 is 2.88 bits per heavy atom. The second kappa shape index (κ2) is 7.24. The number of rotatable bonds is 7. The first-order valence-electron chi connectivity index (χ1n) is 8.49. The van der Waals surface area contributed by atoms with Gasteiger partial charge in [-0.2, -0.15) is 15.0 Å². The van der Waals surface area contributed by atoms with Gasteiger partial charge >= 0.3 is 0 Å². The summed E-state index contributed by atoms with van der Waals surface area (Å²) in [4.78, 5) is 12.9. The van der Waals surface area contributed by atoms with Crippen LogP contribution in [0.4, 0.5) is 17.6 Å². The molecule has 3 aromatic rings. The summed E-state index contributed by atoms with van der Waals surface area (Å²) in [7, 11) is 0. The average Bonchev–Trinajstić information content (AvgIpc) is 3.38. The summed E-state index contributed by atoms with van der Waals surface area (Å²) < 4.78 is 1.87. The summed E-state index contributed by atoms with van der Waals surface area (Å²) in [6, 6.07) is 8.48. The van der Waals surface area contributed by atoms with Crippen molar-refractivity contribution in [3.8, 4) is 0 Å². The molecule has 0 unspecified atom stereocenters. The van der Waals surface area contributed by atoms with Crippen molar-refractivity contribution in [1.29, 1.82) is 0 Å². The molecule has 0 saturated heterocycles. The van der Waals surface area contributed by atoms with Crippen molar-refractivity contribution >= 4 is 29.3 Å². The number of aryl methyl sites for hydroxylation is 1. The minimum absolute atomic E-state index is 0.189. The van der Waals surface area contributed by atoms with Crippen LogP contribution in [-0.2, 0) is 12.2 Å². The van der Waals surface area contributed by atoms with Crippen LogP contribution >= 0.6 is 11.8 Å². The summed E-state index contributed by atoms with van der Waals surface area (Å²) in [5.41, 5.74) is 8.02. The predicted molar refractivity (Wildman–Crippen MR) is 99.0 cm³/mol. The molecule has 10 heteroatoms. The molecule has 1 saturated carbocycles. The van der Waals surface area contributed by atoms with Crippen molar-refractivity contribution in [3.63, 3.8) is 0 Å². The Balaban J connectivity index is 1.50. The Kier molecular flexibility index (Phi) is 4.65. The molecule has 0 radical (unpaired) electrons. The normalized spacial score (nSPS) is 13.7. The topological polar surface area (TPSA) is 120 Å². The maximum absolute atomic E-state index is 5.86. The molecular weight excluding hydrogens is 350 g/mol. The van der Waals surface area contributed by atoms with Gasteiger partial charge in [0.05, 0.1) is 11.8 Å². The zero-order valence-electron chi connectivity index (χ0n) is 14.3. The molecule has 1 fully saturated rings. The summed E-state index contributed by atoms with van der Waals surface area (Å²) in [6.45, 7) is 2.11. The number of nitrogens with one attached hydrogen (secondary N) is 1. The van der Waals surface area contributed by atoms with Gasteiger partial charge in [0.15, 0.2) is 0 Å². The highest BCUT2D eigenvalue weighted by Crippen LogP contribution is 2.36. The van der Waals surface area contributed by atoms with Gasteiger partial charge in [-0.15, -0.1) is 5.10 Å². The van der Waals surface area contributed by atoms with E-state index >= 15 is 0 Å². The van der Waals surface area contributed by atoms with E-state index in [1.807, 2.05) is 22.9 Å². The number of nitrogens with two attached hydrogens (primary N) is 1. The number of benzene rings is 1. The SMILES string of the molecule is CCc1ccccc1Nc1nc(N)nc(CSc2nnnn2C2CC2)n1. The van der Waals surface area contributed by atoms with Crippen LogP contribution in [0.15, 0.2) is 29.4 Å². The van der Waals surface area contributed by atoms with Crippen molar-refractivity contribution < 1.29 is 0 Å². The highest BCUT2D eigenvalue weighted by Gasteiger charge is 2.28. The molecule has 0 amide bonds. The van der Waals surface area contributed by atoms with E-state index in [4.69, 9.17) is 5.73 Å². The van der Waals surface area contributed by atoms with Gasteiger partial charge < -0.3 is 11.1 Å². The van der Waals surface area contributed by atoms with Gasteiger partial charge in [-0.05, 0) is 41.3 Å². The Morgan fingerprint density at radius 2 is 2.08 bits per heavy atom. The quantitative estimate of drug-likeness (QED) is 0.604. The second-order valence-electron chi connectivity index (χ2n) is 6.00. The molecule has 0 bridgehead atoms. The molecule has 134 valence electrons. The number of para-hydroxylation sites is 1. The number of aromatic nitrogens is 7. The van der Waals surface area contributed by atoms with Gasteiger partial charge in [0.1, 0.15) is 5.82 Å². The van der Waals surface area contributed by atoms with Crippen molar-refractivity contribution in [2.45, 2.75) is 43.1 Å². The van der Waals surface area contributed by atoms with Gasteiger partial charge in [-0.1, -0.05) is 36.9 Å². The molecular formula is C16H19N9S. The Hall–Kier alpha value is -2.75. The van der Waals surface area contributed by atoms with Crippen LogP contribution in [0, 0.1) is 0 Å². The first-order chi connectivity index (χ1) is 12.7. The van der Waals surface area contributed by atoms with Crippen LogP contribution in [0.25, 0.3) is 0 Å². The van der Waals surface area contributed by atoms with Crippen LogP contribution < -0.4 is 11.1 Å². The van der Waals surface area contributed by atoms with Crippen LogP contribution in [-0.4, -0.2) is 35.2 Å². The number of nitrogens with zero attached hydrogens (tertiary/aromatic N) is 7. The van der Waals surface area contributed by atoms with E-state index in [-0.39, 0.29) is 5.95 Å². The fraction of sp³-hybridized carbons (Fsp3) is 0.375.